The van der Waals surface area contributed by atoms with Gasteiger partial charge in [-0.3, -0.25) is 19.4 Å². The van der Waals surface area contributed by atoms with Crippen molar-refractivity contribution in [1.29, 1.82) is 10.5 Å². The Morgan fingerprint density at radius 3 is 1.19 bits per heavy atom. The van der Waals surface area contributed by atoms with E-state index in [-0.39, 0.29) is 25.7 Å². The molecule has 10 rings (SSSR count). The van der Waals surface area contributed by atoms with E-state index in [1.165, 1.54) is 26.4 Å². The quantitative estimate of drug-likeness (QED) is 0.226. The summed E-state index contributed by atoms with van der Waals surface area (Å²) in [6.45, 7) is 5.40. The minimum Gasteiger partial charge on any atom is -0.381 e. The normalized spacial score (nSPS) is 28.1. The zero-order chi connectivity index (χ0) is 53.2. The predicted octanol–water partition coefficient (Wildman–Crippen LogP) is 5.46. The van der Waals surface area contributed by atoms with E-state index in [9.17, 15) is 63.3 Å². The summed E-state index contributed by atoms with van der Waals surface area (Å²) in [5.74, 6) is -2.74. The van der Waals surface area contributed by atoms with Crippen LogP contribution >= 0.6 is 0 Å². The summed E-state index contributed by atoms with van der Waals surface area (Å²) in [5, 5.41) is 21.4. The van der Waals surface area contributed by atoms with Crippen molar-refractivity contribution < 1.29 is 62.2 Å². The third-order valence-electron chi connectivity index (χ3n) is 16.4. The zero-order valence-corrected chi connectivity index (χ0v) is 42.9. The largest absolute Gasteiger partial charge is 0.417 e. The first-order valence-electron chi connectivity index (χ1n) is 25.4. The summed E-state index contributed by atoms with van der Waals surface area (Å²) in [6, 6.07) is 12.2. The molecule has 0 radical (unpaired) electrons. The molecular weight excluding hydrogens is 1020 g/mol. The average molecular weight is 1080 g/mol. The summed E-state index contributed by atoms with van der Waals surface area (Å²) >= 11 is 0. The number of ether oxygens (including phenoxy) is 2. The van der Waals surface area contributed by atoms with Gasteiger partial charge in [-0.1, -0.05) is 0 Å². The van der Waals surface area contributed by atoms with E-state index in [1.54, 1.807) is 0 Å². The molecule has 2 heterocycles. The number of amides is 2. The number of hydrogen-bond acceptors (Lipinski definition) is 14. The lowest BCUT2D eigenvalue weighted by molar-refractivity contribution is -0.140. The molecule has 6 saturated carbocycles. The van der Waals surface area contributed by atoms with Crippen LogP contribution in [0.4, 0.5) is 37.7 Å². The molecule has 2 N–H and O–H groups in total. The molecule has 6 aliphatic carbocycles. The molecule has 2 aliphatic heterocycles. The standard InChI is InChI=1S/2C25H31F3N4O4S/c2*1-36-21-14-18(13-19(21)23(33)30-24(15-29)6-7-24)37(34,35)22-5-4-17(12-20(22)25(26,27)28)32-10-8-31(9-11-32)16-2-3-16/h2*4-5,12,16,18-19,21H,2-3,6-11,13-14H2,1H3,(H,30,33)/t2*18-,19-,21-/m10/s1. The fourth-order valence-corrected chi connectivity index (χ4v) is 15.2. The number of nitrogens with one attached hydrogen (secondary N) is 2. The minimum absolute atomic E-state index is 0.0986. The first-order chi connectivity index (χ1) is 34.9. The Bertz CT molecular complexity index is 2590. The van der Waals surface area contributed by atoms with Gasteiger partial charge in [0.25, 0.3) is 0 Å². The lowest BCUT2D eigenvalue weighted by Gasteiger charge is -2.36. The van der Waals surface area contributed by atoms with Gasteiger partial charge in [-0.15, -0.1) is 0 Å². The first kappa shape index (κ1) is 54.1. The van der Waals surface area contributed by atoms with Crippen LogP contribution in [-0.4, -0.2) is 151 Å². The van der Waals surface area contributed by atoms with Crippen LogP contribution in [0.5, 0.6) is 0 Å². The van der Waals surface area contributed by atoms with Crippen LogP contribution in [0, 0.1) is 34.5 Å². The third-order valence-corrected chi connectivity index (χ3v) is 20.8. The highest BCUT2D eigenvalue weighted by atomic mass is 32.2. The van der Waals surface area contributed by atoms with Gasteiger partial charge in [0.05, 0.1) is 67.6 Å². The number of sulfone groups is 2. The van der Waals surface area contributed by atoms with Crippen LogP contribution in [0.2, 0.25) is 0 Å². The number of rotatable bonds is 14. The Hall–Kier alpha value is -4.72. The van der Waals surface area contributed by atoms with Gasteiger partial charge in [-0.25, -0.2) is 16.8 Å². The molecule has 404 valence electrons. The summed E-state index contributed by atoms with van der Waals surface area (Å²) in [5.41, 5.74) is -3.53. The number of hydrogen-bond donors (Lipinski definition) is 2. The van der Waals surface area contributed by atoms with Crippen molar-refractivity contribution in [3.05, 3.63) is 47.5 Å². The highest BCUT2D eigenvalue weighted by Gasteiger charge is 2.53. The second-order valence-electron chi connectivity index (χ2n) is 21.3. The van der Waals surface area contributed by atoms with Gasteiger partial charge in [0.2, 0.25) is 11.8 Å². The smallest absolute Gasteiger partial charge is 0.381 e. The monoisotopic (exact) mass is 1080 g/mol. The van der Waals surface area contributed by atoms with Crippen molar-refractivity contribution in [2.75, 3.05) is 76.4 Å². The van der Waals surface area contributed by atoms with Crippen molar-refractivity contribution in [2.45, 2.75) is 145 Å². The molecule has 8 aliphatic rings. The van der Waals surface area contributed by atoms with E-state index >= 15 is 0 Å². The van der Waals surface area contributed by atoms with Crippen LogP contribution in [0.3, 0.4) is 0 Å². The number of piperazine rings is 2. The molecule has 0 spiro atoms. The van der Waals surface area contributed by atoms with Crippen LogP contribution in [0.1, 0.15) is 88.2 Å². The van der Waals surface area contributed by atoms with Crippen molar-refractivity contribution in [3.63, 3.8) is 0 Å². The average Bonchev–Trinajstić information content (AvgIpc) is 4.18. The van der Waals surface area contributed by atoms with Gasteiger partial charge < -0.3 is 29.9 Å². The van der Waals surface area contributed by atoms with Gasteiger partial charge >= 0.3 is 12.4 Å². The molecule has 2 aromatic rings. The van der Waals surface area contributed by atoms with Gasteiger partial charge in [0, 0.05) is 90.0 Å². The summed E-state index contributed by atoms with van der Waals surface area (Å²) in [7, 11) is -6.17. The molecular formula is C50H62F6N8O8S2. The zero-order valence-electron chi connectivity index (χ0n) is 41.3. The van der Waals surface area contributed by atoms with Gasteiger partial charge in [-0.2, -0.15) is 36.9 Å². The lowest BCUT2D eigenvalue weighted by atomic mass is 10.0. The Labute approximate surface area is 427 Å². The number of anilines is 2. The van der Waals surface area contributed by atoms with Crippen LogP contribution in [-0.2, 0) is 51.1 Å². The first-order valence-corrected chi connectivity index (χ1v) is 28.4. The Balaban J connectivity index is 0.000000182. The highest BCUT2D eigenvalue weighted by Crippen LogP contribution is 2.46. The van der Waals surface area contributed by atoms with Crippen LogP contribution in [0.15, 0.2) is 46.2 Å². The van der Waals surface area contributed by atoms with Gasteiger partial charge in [0.15, 0.2) is 19.7 Å². The van der Waals surface area contributed by atoms with Crippen LogP contribution in [0.25, 0.3) is 0 Å². The van der Waals surface area contributed by atoms with Crippen molar-refractivity contribution in [2.24, 2.45) is 11.8 Å². The van der Waals surface area contributed by atoms with E-state index in [0.29, 0.717) is 75.3 Å². The molecule has 2 saturated heterocycles. The molecule has 24 heteroatoms. The van der Waals surface area contributed by atoms with E-state index in [1.807, 2.05) is 9.80 Å². The fraction of sp³-hybridized carbons (Fsp3) is 0.680. The fourth-order valence-electron chi connectivity index (χ4n) is 11.2. The number of carbonyl (C=O) groups is 2. The molecule has 74 heavy (non-hydrogen) atoms. The molecule has 16 nitrogen and oxygen atoms in total. The molecule has 0 bridgehead atoms. The van der Waals surface area contributed by atoms with E-state index < -0.39 is 110 Å². The van der Waals surface area contributed by atoms with Crippen molar-refractivity contribution in [3.8, 4) is 12.1 Å². The Kier molecular flexibility index (Phi) is 14.9. The van der Waals surface area contributed by atoms with Gasteiger partial charge in [0.1, 0.15) is 11.1 Å². The number of carbonyl (C=O) groups excluding carboxylic acids is 2. The van der Waals surface area contributed by atoms with Crippen molar-refractivity contribution >= 4 is 42.9 Å². The highest BCUT2D eigenvalue weighted by molar-refractivity contribution is 7.92. The Morgan fingerprint density at radius 1 is 0.581 bits per heavy atom. The lowest BCUT2D eigenvalue weighted by Crippen LogP contribution is -2.47. The molecule has 0 aromatic heterocycles. The molecule has 2 aromatic carbocycles. The van der Waals surface area contributed by atoms with E-state index in [2.05, 4.69) is 32.6 Å². The van der Waals surface area contributed by atoms with Crippen molar-refractivity contribution in [1.82, 2.24) is 20.4 Å². The number of nitriles is 2. The SMILES string of the molecule is CO[C@@H]1C[C@H](S(=O)(=O)c2ccc(N3CCN(C4CC4)CC3)cc2C(F)(F)F)C[C@H]1C(=O)NC1(C#N)CC1.CO[C@H]1C[C@@H](S(=O)(=O)c2ccc(N3CCN(C4CC4)CC3)cc2C(F)(F)F)C[C@@H]1C(=O)NC1(C#N)CC1. The number of nitrogens with zero attached hydrogens (tertiary/aromatic N) is 6. The third kappa shape index (κ3) is 11.4. The summed E-state index contributed by atoms with van der Waals surface area (Å²) in [4.78, 5) is 32.5. The van der Waals surface area contributed by atoms with Gasteiger partial charge in [-0.05, 0) is 113 Å². The summed E-state index contributed by atoms with van der Waals surface area (Å²) in [6.07, 6.45) is -5.11. The van der Waals surface area contributed by atoms with E-state index in [4.69, 9.17) is 9.47 Å². The Morgan fingerprint density at radius 2 is 0.919 bits per heavy atom. The second kappa shape index (κ2) is 20.3. The minimum atomic E-state index is -4.87. The molecule has 8 fully saturated rings. The number of alkyl halides is 6. The topological polar surface area (TPSA) is 205 Å². The summed E-state index contributed by atoms with van der Waals surface area (Å²) < 4.78 is 150. The van der Waals surface area contributed by atoms with E-state index in [0.717, 1.165) is 76.1 Å². The number of methoxy groups -OCH3 is 2. The van der Waals surface area contributed by atoms with Crippen LogP contribution < -0.4 is 20.4 Å². The molecule has 6 atom stereocenters. The molecule has 0 unspecified atom stereocenters. The maximum Gasteiger partial charge on any atom is 0.417 e. The number of halogens is 6. The number of benzene rings is 2. The maximum absolute atomic E-state index is 14.2. The maximum atomic E-state index is 14.2. The molecule has 2 amide bonds. The predicted molar refractivity (Wildman–Crippen MR) is 257 cm³/mol. The second-order valence-corrected chi connectivity index (χ2v) is 25.7.